The van der Waals surface area contributed by atoms with Crippen LogP contribution in [0.2, 0.25) is 0 Å². The second kappa shape index (κ2) is 48.8. The van der Waals surface area contributed by atoms with E-state index in [1.807, 2.05) is 5.32 Å². The number of hydrogen-bond acceptors (Lipinski definition) is 23. The van der Waals surface area contributed by atoms with Crippen molar-refractivity contribution in [1.82, 2.24) is 73.7 Å². The summed E-state index contributed by atoms with van der Waals surface area (Å²) < 4.78 is 10.7. The average Bonchev–Trinajstić information content (AvgIpc) is 1.79. The van der Waals surface area contributed by atoms with Crippen LogP contribution in [0, 0.1) is 5.92 Å². The van der Waals surface area contributed by atoms with Crippen molar-refractivity contribution in [3.8, 4) is 0 Å². The van der Waals surface area contributed by atoms with E-state index in [0.717, 1.165) is 60.1 Å². The van der Waals surface area contributed by atoms with Crippen molar-refractivity contribution < 1.29 is 126 Å². The fourth-order valence-corrected chi connectivity index (χ4v) is 11.7. The zero-order chi connectivity index (χ0) is 85.6. The summed E-state index contributed by atoms with van der Waals surface area (Å²) in [6.07, 6.45) is -3.37. The molecule has 0 bridgehead atoms. The second-order valence-corrected chi connectivity index (χ2v) is 27.4. The quantitative estimate of drug-likeness (QED) is 0.0222. The van der Waals surface area contributed by atoms with Crippen LogP contribution in [-0.4, -0.2) is 261 Å². The molecule has 14 unspecified atom stereocenters. The lowest BCUT2D eigenvalue weighted by Crippen LogP contribution is -2.62. The van der Waals surface area contributed by atoms with E-state index < -0.39 is 255 Å². The lowest BCUT2D eigenvalue weighted by Gasteiger charge is -2.32. The molecule has 0 radical (unpaired) electrons. The number of aromatic amines is 1. The molecule has 114 heavy (non-hydrogen) atoms. The van der Waals surface area contributed by atoms with Crippen molar-refractivity contribution in [2.45, 2.75) is 235 Å². The zero-order valence-corrected chi connectivity index (χ0v) is 64.5. The highest BCUT2D eigenvalue weighted by Gasteiger charge is 2.42. The smallest absolute Gasteiger partial charge is 0.335 e. The number of rotatable bonds is 37. The molecule has 0 spiro atoms. The molecule has 2 aromatic rings. The summed E-state index contributed by atoms with van der Waals surface area (Å²) in [7, 11) is 1.73. The number of nitrogens with two attached hydrogens (primary N) is 3. The number of amides is 15. The first kappa shape index (κ1) is 96.3. The van der Waals surface area contributed by atoms with Gasteiger partial charge in [-0.15, -0.1) is 0 Å². The minimum Gasteiger partial charge on any atom is -0.481 e. The van der Waals surface area contributed by atoms with E-state index in [1.54, 1.807) is 30.5 Å². The van der Waals surface area contributed by atoms with Gasteiger partial charge in [-0.25, -0.2) is 9.59 Å². The number of carbonyl (C=O) groups excluding carboxylic acids is 16. The Morgan fingerprint density at radius 2 is 1.17 bits per heavy atom. The normalized spacial score (nSPS) is 21.7. The summed E-state index contributed by atoms with van der Waals surface area (Å²) in [5.74, 6) is -28.8. The molecule has 14 atom stereocenters. The first-order valence-corrected chi connectivity index (χ1v) is 37.0. The predicted octanol–water partition coefficient (Wildman–Crippen LogP) is -5.44. The van der Waals surface area contributed by atoms with E-state index in [1.165, 1.54) is 13.8 Å². The SMILES string of the molecule is CCCCCCCCCC(=O)NC(Cc1c[nH]c2ccccc12)C(=O)NC(CC(N)=O)C(=O)NC(CC(=O)O)C(=O)NC1C(=O)N(C)CC(=O)NC(C)C(=O)NC(CC(=O)O)C(=O)NC(CCCCN)C(=O)NC(C(OC)C(=O)O)C(=O)NCC(=O)NC(CC(N)=O)C(=O)NC(CCC(=O)O)C(=O)NC(C(C)CC)C(=O)OC1C. The number of ether oxygens (including phenoxy) is 2. The number of benzene rings is 1. The van der Waals surface area contributed by atoms with Crippen LogP contribution >= 0.6 is 0 Å². The number of primary amides is 2. The molecule has 23 N–H and O–H groups in total. The standard InChI is InChI=1S/C71H107N17O26/c1-8-10-11-12-13-14-15-23-50(91)78-43(27-38-32-75-40-21-17-16-20-39(38)40)63(103)83-45(29-49(74)90)65(105)84-47(31-55(98)99)67(107)86-57-37(5)114-71(112)56(35(3)9-2)85-62(102)42(24-25-53(94)95)81-64(104)44(28-48(73)89)79-51(92)33-76-68(108)58(59(113-7)70(110)111)87-61(101)41(22-18-19-26-72)80-66(106)46(30-54(96)97)82-60(100)36(4)77-52(93)34-88(6)69(57)109/h16-17,20-21,32,35-37,41-47,56-59,75H,8-15,18-19,22-31,33-34,72H2,1-7H3,(H2,73,89)(H2,74,90)(H,76,108)(H,77,93)(H,78,91)(H,79,92)(H,80,106)(H,81,104)(H,82,100)(H,83,103)(H,84,105)(H,85,102)(H,86,107)(H,87,101)(H,94,95)(H,96,97)(H,98,99)(H,110,111). The zero-order valence-electron chi connectivity index (χ0n) is 64.5. The molecular formula is C71H107N17O26. The first-order valence-electron chi connectivity index (χ1n) is 37.0. The van der Waals surface area contributed by atoms with Gasteiger partial charge in [0.05, 0.1) is 38.8 Å². The number of aliphatic carboxylic acids is 4. The van der Waals surface area contributed by atoms with Crippen molar-refractivity contribution in [1.29, 1.82) is 0 Å². The Hall–Kier alpha value is -11.9. The van der Waals surface area contributed by atoms with Crippen molar-refractivity contribution in [2.24, 2.45) is 23.1 Å². The molecule has 1 aliphatic heterocycles. The van der Waals surface area contributed by atoms with Gasteiger partial charge in [-0.2, -0.15) is 0 Å². The van der Waals surface area contributed by atoms with Crippen molar-refractivity contribution in [2.75, 3.05) is 33.8 Å². The highest BCUT2D eigenvalue weighted by Crippen LogP contribution is 2.21. The molecule has 43 nitrogen and oxygen atoms in total. The third-order valence-electron chi connectivity index (χ3n) is 18.2. The number of methoxy groups -OCH3 is 1. The molecule has 1 fully saturated rings. The molecule has 1 aromatic heterocycles. The minimum atomic E-state index is -2.31. The first-order chi connectivity index (χ1) is 53.7. The van der Waals surface area contributed by atoms with E-state index in [9.17, 15) is 116 Å². The Kier molecular flexibility index (Phi) is 41.2. The van der Waals surface area contributed by atoms with Crippen LogP contribution in [0.15, 0.2) is 30.5 Å². The molecule has 0 saturated carbocycles. The van der Waals surface area contributed by atoms with E-state index in [-0.39, 0.29) is 45.1 Å². The number of hydrogen-bond donors (Lipinski definition) is 20. The molecule has 1 saturated heterocycles. The number of fused-ring (bicyclic) bond motifs is 1. The number of para-hydroxylation sites is 1. The number of H-pyrrole nitrogens is 1. The number of carboxylic acids is 4. The van der Waals surface area contributed by atoms with Crippen LogP contribution in [0.5, 0.6) is 0 Å². The maximum atomic E-state index is 14.9. The number of unbranched alkanes of at least 4 members (excludes halogenated alkanes) is 7. The summed E-state index contributed by atoms with van der Waals surface area (Å²) >= 11 is 0. The second-order valence-electron chi connectivity index (χ2n) is 27.4. The van der Waals surface area contributed by atoms with Gasteiger partial charge in [-0.3, -0.25) is 86.3 Å². The molecule has 3 rings (SSSR count). The van der Waals surface area contributed by atoms with Gasteiger partial charge in [0.2, 0.25) is 88.6 Å². The highest BCUT2D eigenvalue weighted by molar-refractivity contribution is 6.02. The number of carbonyl (C=O) groups is 20. The number of esters is 1. The van der Waals surface area contributed by atoms with E-state index in [2.05, 4.69) is 70.4 Å². The van der Waals surface area contributed by atoms with Gasteiger partial charge in [0, 0.05) is 50.5 Å². The lowest BCUT2D eigenvalue weighted by atomic mass is 9.98. The largest absolute Gasteiger partial charge is 0.481 e. The molecule has 632 valence electrons. The van der Waals surface area contributed by atoms with Crippen molar-refractivity contribution >= 4 is 129 Å². The molecule has 0 aliphatic carbocycles. The van der Waals surface area contributed by atoms with Gasteiger partial charge in [0.25, 0.3) is 0 Å². The number of nitrogens with one attached hydrogen (secondary N) is 13. The van der Waals surface area contributed by atoms with Crippen LogP contribution in [-0.2, 0) is 112 Å². The van der Waals surface area contributed by atoms with Gasteiger partial charge < -0.3 is 121 Å². The third kappa shape index (κ3) is 33.2. The Morgan fingerprint density at radius 1 is 0.596 bits per heavy atom. The third-order valence-corrected chi connectivity index (χ3v) is 18.2. The van der Waals surface area contributed by atoms with Crippen molar-refractivity contribution in [3.05, 3.63) is 36.0 Å². The Morgan fingerprint density at radius 3 is 1.74 bits per heavy atom. The summed E-state index contributed by atoms with van der Waals surface area (Å²) in [6.45, 7) is 4.66. The summed E-state index contributed by atoms with van der Waals surface area (Å²) in [5.41, 5.74) is 17.8. The van der Waals surface area contributed by atoms with E-state index >= 15 is 0 Å². The molecular weight excluding hydrogens is 1510 g/mol. The van der Waals surface area contributed by atoms with Crippen molar-refractivity contribution in [3.63, 3.8) is 0 Å². The van der Waals surface area contributed by atoms with E-state index in [4.69, 9.17) is 26.7 Å². The molecule has 15 amide bonds. The predicted molar refractivity (Wildman–Crippen MR) is 398 cm³/mol. The molecule has 2 heterocycles. The van der Waals surface area contributed by atoms with E-state index in [0.29, 0.717) is 34.2 Å². The summed E-state index contributed by atoms with van der Waals surface area (Å²) in [6, 6.07) is -15.1. The molecule has 1 aromatic carbocycles. The monoisotopic (exact) mass is 1610 g/mol. The number of carboxylic acid groups (broad SMARTS) is 4. The van der Waals surface area contributed by atoms with Gasteiger partial charge in [0.15, 0.2) is 6.10 Å². The minimum absolute atomic E-state index is 0.00149. The fourth-order valence-electron chi connectivity index (χ4n) is 11.7. The van der Waals surface area contributed by atoms with Crippen LogP contribution in [0.4, 0.5) is 0 Å². The molecule has 1 aliphatic rings. The Balaban J connectivity index is 2.24. The van der Waals surface area contributed by atoms with Crippen LogP contribution in [0.1, 0.15) is 156 Å². The Bertz CT molecular complexity index is 3780. The average molecular weight is 1610 g/mol. The Labute approximate surface area is 654 Å². The van der Waals surface area contributed by atoms with Gasteiger partial charge in [0.1, 0.15) is 72.6 Å². The summed E-state index contributed by atoms with van der Waals surface area (Å²) in [5, 5.41) is 67.2. The fraction of sp³-hybridized carbons (Fsp3) is 0.606. The molecule has 43 heteroatoms. The number of likely N-dealkylation sites (N-methyl/N-ethyl adjacent to an activating group) is 1. The number of cyclic esters (lactones) is 1. The highest BCUT2D eigenvalue weighted by atomic mass is 16.5. The van der Waals surface area contributed by atoms with Gasteiger partial charge in [-0.1, -0.05) is 83.9 Å². The van der Waals surface area contributed by atoms with Gasteiger partial charge in [-0.05, 0) is 70.0 Å². The maximum absolute atomic E-state index is 14.9. The van der Waals surface area contributed by atoms with Crippen LogP contribution in [0.25, 0.3) is 10.9 Å². The lowest BCUT2D eigenvalue weighted by molar-refractivity contribution is -0.159. The number of nitrogens with zero attached hydrogens (tertiary/aromatic N) is 1. The van der Waals surface area contributed by atoms with Crippen LogP contribution in [0.3, 0.4) is 0 Å². The van der Waals surface area contributed by atoms with Crippen LogP contribution < -0.4 is 81.0 Å². The topological polar surface area (TPSA) is 682 Å². The summed E-state index contributed by atoms with van der Waals surface area (Å²) in [4.78, 5) is 277. The maximum Gasteiger partial charge on any atom is 0.335 e. The van der Waals surface area contributed by atoms with Gasteiger partial charge >= 0.3 is 29.8 Å². The number of aromatic nitrogens is 1.